The molecule has 4 rings (SSSR count). The van der Waals surface area contributed by atoms with Gasteiger partial charge in [-0.3, -0.25) is 14.4 Å². The van der Waals surface area contributed by atoms with E-state index in [1.165, 1.54) is 11.8 Å². The van der Waals surface area contributed by atoms with Crippen LogP contribution in [0.25, 0.3) is 0 Å². The first-order valence-corrected chi connectivity index (χ1v) is 13.7. The number of hydrogen-bond acceptors (Lipinski definition) is 7. The van der Waals surface area contributed by atoms with Gasteiger partial charge in [0.25, 0.3) is 5.91 Å². The second kappa shape index (κ2) is 13.2. The minimum Gasteiger partial charge on any atom is -0.493 e. The van der Waals surface area contributed by atoms with E-state index in [1.54, 1.807) is 42.5 Å². The van der Waals surface area contributed by atoms with Crippen molar-refractivity contribution in [2.45, 2.75) is 56.8 Å². The van der Waals surface area contributed by atoms with Gasteiger partial charge >= 0.3 is 5.97 Å². The molecule has 1 aliphatic heterocycles. The minimum absolute atomic E-state index is 0.138. The van der Waals surface area contributed by atoms with Gasteiger partial charge in [-0.15, -0.1) is 0 Å². The number of carboxylic acid groups (broad SMARTS) is 1. The van der Waals surface area contributed by atoms with Crippen molar-refractivity contribution in [2.24, 2.45) is 5.73 Å². The van der Waals surface area contributed by atoms with Crippen LogP contribution >= 0.6 is 0 Å². The first kappa shape index (κ1) is 30.1. The van der Waals surface area contributed by atoms with E-state index in [2.05, 4.69) is 5.32 Å². The van der Waals surface area contributed by atoms with Gasteiger partial charge in [0.1, 0.15) is 12.1 Å². The third kappa shape index (κ3) is 6.72. The summed E-state index contributed by atoms with van der Waals surface area (Å²) in [6.45, 7) is 1.68. The molecule has 0 aliphatic carbocycles. The molecule has 0 bridgehead atoms. The Morgan fingerprint density at radius 2 is 1.48 bits per heavy atom. The highest BCUT2D eigenvalue weighted by Crippen LogP contribution is 2.28. The van der Waals surface area contributed by atoms with Gasteiger partial charge in [0, 0.05) is 31.5 Å². The molecule has 42 heavy (non-hydrogen) atoms. The Morgan fingerprint density at radius 1 is 0.929 bits per heavy atom. The van der Waals surface area contributed by atoms with Crippen molar-refractivity contribution in [1.82, 2.24) is 14.9 Å². The zero-order chi connectivity index (χ0) is 30.4. The molecule has 0 saturated carbocycles. The van der Waals surface area contributed by atoms with Crippen LogP contribution < -0.4 is 16.1 Å². The van der Waals surface area contributed by atoms with Crippen molar-refractivity contribution in [2.75, 3.05) is 11.6 Å². The molecule has 2 aromatic carbocycles. The topological polar surface area (TPSA) is 178 Å². The first-order chi connectivity index (χ1) is 20.1. The molecular weight excluding hydrogens is 542 g/mol. The highest BCUT2D eigenvalue weighted by molar-refractivity contribution is 6.00. The van der Waals surface area contributed by atoms with E-state index in [-0.39, 0.29) is 25.8 Å². The largest absolute Gasteiger partial charge is 0.493 e. The molecule has 1 aliphatic rings. The Kier molecular flexibility index (Phi) is 9.48. The van der Waals surface area contributed by atoms with E-state index in [0.717, 1.165) is 27.4 Å². The van der Waals surface area contributed by atoms with Gasteiger partial charge in [0.2, 0.25) is 23.6 Å². The molecular formula is C30H35N5O7. The fraction of sp³-hybridized carbons (Fsp3) is 0.333. The van der Waals surface area contributed by atoms with E-state index in [4.69, 9.17) is 5.73 Å². The molecule has 1 fully saturated rings. The predicted molar refractivity (Wildman–Crippen MR) is 153 cm³/mol. The number of aliphatic carboxylic acids is 1. The number of aromatic nitrogens is 1. The second-order valence-corrected chi connectivity index (χ2v) is 10.3. The molecule has 4 atom stereocenters. The van der Waals surface area contributed by atoms with Gasteiger partial charge in [-0.1, -0.05) is 60.7 Å². The molecule has 12 heteroatoms. The Balaban J connectivity index is 1.69. The fourth-order valence-electron chi connectivity index (χ4n) is 5.13. The number of amides is 3. The van der Waals surface area contributed by atoms with E-state index in [0.29, 0.717) is 12.0 Å². The normalized spacial score (nSPS) is 16.8. The zero-order valence-corrected chi connectivity index (χ0v) is 23.2. The molecule has 12 nitrogen and oxygen atoms in total. The number of aromatic hydroxyl groups is 2. The molecule has 222 valence electrons. The third-order valence-electron chi connectivity index (χ3n) is 7.24. The molecule has 0 unspecified atom stereocenters. The number of carboxylic acids is 1. The molecule has 3 amide bonds. The number of benzene rings is 2. The third-order valence-corrected chi connectivity index (χ3v) is 7.24. The van der Waals surface area contributed by atoms with Crippen LogP contribution in [0.1, 0.15) is 30.9 Å². The number of nitrogens with one attached hydrogen (secondary N) is 1. The maximum Gasteiger partial charge on any atom is 0.328 e. The van der Waals surface area contributed by atoms with Crippen LogP contribution in [0.3, 0.4) is 0 Å². The molecule has 6 N–H and O–H groups in total. The number of nitrogens with zero attached hydrogens (tertiary/aromatic N) is 3. The van der Waals surface area contributed by atoms with Crippen LogP contribution in [0.5, 0.6) is 11.8 Å². The maximum atomic E-state index is 14.2. The lowest BCUT2D eigenvalue weighted by molar-refractivity contribution is -0.144. The van der Waals surface area contributed by atoms with E-state index in [1.807, 2.05) is 18.2 Å². The minimum atomic E-state index is -1.54. The lowest BCUT2D eigenvalue weighted by atomic mass is 10.0. The maximum absolute atomic E-state index is 14.2. The highest BCUT2D eigenvalue weighted by atomic mass is 16.4. The monoisotopic (exact) mass is 577 g/mol. The van der Waals surface area contributed by atoms with Crippen molar-refractivity contribution in [1.29, 1.82) is 0 Å². The number of carbonyl (C=O) groups excluding carboxylic acids is 3. The summed E-state index contributed by atoms with van der Waals surface area (Å²) in [6, 6.07) is 15.4. The SMILES string of the molecule is C[C@H](N)C(=O)N[C@@H](Cc1ccccc1)C(=O)N1CCC[C@H]1C(=O)N([C@@H](Cc1ccccc1)C(=O)O)n1c(O)ccc1O. The number of likely N-dealkylation sites (tertiary alicyclic amines) is 1. The molecule has 0 spiro atoms. The van der Waals surface area contributed by atoms with E-state index >= 15 is 0 Å². The highest BCUT2D eigenvalue weighted by Gasteiger charge is 2.44. The fourth-order valence-corrected chi connectivity index (χ4v) is 5.13. The number of rotatable bonds is 11. The quantitative estimate of drug-likeness (QED) is 0.225. The number of carbonyl (C=O) groups is 4. The molecule has 3 aromatic rings. The first-order valence-electron chi connectivity index (χ1n) is 13.7. The van der Waals surface area contributed by atoms with E-state index in [9.17, 15) is 34.5 Å². The summed E-state index contributed by atoms with van der Waals surface area (Å²) >= 11 is 0. The standard InChI is InChI=1S/C30H35N5O7/c1-19(31)27(38)32-22(17-20-9-4-2-5-10-20)28(39)33-16-8-13-23(33)29(40)34(35-25(36)14-15-26(35)37)24(30(41)42)18-21-11-6-3-7-12-21/h2-7,9-12,14-15,19,22-24,36-37H,8,13,16-18,31H2,1H3,(H,32,38)(H,41,42)/t19-,22-,23-,24-/m0/s1. The molecule has 0 radical (unpaired) electrons. The van der Waals surface area contributed by atoms with Gasteiger partial charge in [0.15, 0.2) is 6.04 Å². The molecule has 2 heterocycles. The Labute approximate surface area is 242 Å². The van der Waals surface area contributed by atoms with Gasteiger partial charge in [-0.25, -0.2) is 9.80 Å². The van der Waals surface area contributed by atoms with Crippen molar-refractivity contribution < 1.29 is 34.5 Å². The number of nitrogens with two attached hydrogens (primary N) is 1. The van der Waals surface area contributed by atoms with Crippen LogP contribution in [-0.4, -0.2) is 79.3 Å². The second-order valence-electron chi connectivity index (χ2n) is 10.3. The molecule has 1 aromatic heterocycles. The van der Waals surface area contributed by atoms with Crippen LogP contribution in [0, 0.1) is 0 Å². The summed E-state index contributed by atoms with van der Waals surface area (Å²) in [7, 11) is 0. The van der Waals surface area contributed by atoms with Crippen molar-refractivity contribution in [3.05, 3.63) is 83.9 Å². The average molecular weight is 578 g/mol. The van der Waals surface area contributed by atoms with Crippen LogP contribution in [0.2, 0.25) is 0 Å². The number of hydrogen-bond donors (Lipinski definition) is 5. The van der Waals surface area contributed by atoms with Crippen LogP contribution in [-0.2, 0) is 32.0 Å². The summed E-state index contributed by atoms with van der Waals surface area (Å²) in [5, 5.41) is 34.8. The zero-order valence-electron chi connectivity index (χ0n) is 23.2. The summed E-state index contributed by atoms with van der Waals surface area (Å²) in [5.41, 5.74) is 7.13. The van der Waals surface area contributed by atoms with Gasteiger partial charge < -0.3 is 31.3 Å². The van der Waals surface area contributed by atoms with Crippen molar-refractivity contribution >= 4 is 23.7 Å². The van der Waals surface area contributed by atoms with Crippen LogP contribution in [0.15, 0.2) is 72.8 Å². The smallest absolute Gasteiger partial charge is 0.328 e. The lowest BCUT2D eigenvalue weighted by Gasteiger charge is -2.36. The molecule has 1 saturated heterocycles. The van der Waals surface area contributed by atoms with Crippen molar-refractivity contribution in [3.63, 3.8) is 0 Å². The van der Waals surface area contributed by atoms with Crippen molar-refractivity contribution in [3.8, 4) is 11.8 Å². The summed E-state index contributed by atoms with van der Waals surface area (Å²) < 4.78 is 0.740. The summed E-state index contributed by atoms with van der Waals surface area (Å²) in [6.07, 6.45) is 0.654. The lowest BCUT2D eigenvalue weighted by Crippen LogP contribution is -2.60. The van der Waals surface area contributed by atoms with Gasteiger partial charge in [-0.05, 0) is 30.9 Å². The van der Waals surface area contributed by atoms with Gasteiger partial charge in [-0.2, -0.15) is 4.68 Å². The summed E-state index contributed by atoms with van der Waals surface area (Å²) in [5.74, 6) is -4.35. The Hall–Kier alpha value is -4.84. The summed E-state index contributed by atoms with van der Waals surface area (Å²) in [4.78, 5) is 54.6. The van der Waals surface area contributed by atoms with E-state index < -0.39 is 59.6 Å². The average Bonchev–Trinajstić information content (AvgIpc) is 3.59. The van der Waals surface area contributed by atoms with Crippen LogP contribution in [0.4, 0.5) is 0 Å². The predicted octanol–water partition coefficient (Wildman–Crippen LogP) is 1.13. The van der Waals surface area contributed by atoms with Gasteiger partial charge in [0.05, 0.1) is 6.04 Å². The Bertz CT molecular complexity index is 1390. The Morgan fingerprint density at radius 3 is 2.00 bits per heavy atom.